The Balaban J connectivity index is 2.40. The number of carbonyl (C=O) groups excluding carboxylic acids is 1. The average Bonchev–Trinajstić information content (AvgIpc) is 2.39. The van der Waals surface area contributed by atoms with Crippen molar-refractivity contribution in [2.24, 2.45) is 0 Å². The van der Waals surface area contributed by atoms with Crippen LogP contribution in [-0.2, 0) is 0 Å². The van der Waals surface area contributed by atoms with E-state index in [1.165, 1.54) is 6.20 Å². The summed E-state index contributed by atoms with van der Waals surface area (Å²) in [5.41, 5.74) is 0.923. The molecule has 0 aromatic heterocycles. The van der Waals surface area contributed by atoms with Gasteiger partial charge in [0.25, 0.3) is 0 Å². The summed E-state index contributed by atoms with van der Waals surface area (Å²) in [7, 11) is 1.60. The second-order valence-corrected chi connectivity index (χ2v) is 3.42. The Morgan fingerprint density at radius 2 is 2.39 bits per heavy atom. The minimum Gasteiger partial charge on any atom is -0.497 e. The molecule has 1 aromatic rings. The second kappa shape index (κ2) is 7.74. The van der Waals surface area contributed by atoms with Crippen molar-refractivity contribution in [1.29, 1.82) is 5.26 Å². The van der Waals surface area contributed by atoms with Gasteiger partial charge in [-0.2, -0.15) is 5.26 Å². The van der Waals surface area contributed by atoms with Gasteiger partial charge >= 0.3 is 6.03 Å². The summed E-state index contributed by atoms with van der Waals surface area (Å²) in [6, 6.07) is 9.08. The molecule has 5 nitrogen and oxygen atoms in total. The zero-order valence-corrected chi connectivity index (χ0v) is 10.1. The van der Waals surface area contributed by atoms with Crippen LogP contribution < -0.4 is 15.4 Å². The van der Waals surface area contributed by atoms with Crippen molar-refractivity contribution in [3.63, 3.8) is 0 Å². The van der Waals surface area contributed by atoms with E-state index in [4.69, 9.17) is 10.00 Å². The molecule has 5 heteroatoms. The van der Waals surface area contributed by atoms with Crippen LogP contribution in [-0.4, -0.2) is 19.7 Å². The Kier molecular flexibility index (Phi) is 5.84. The minimum atomic E-state index is -0.329. The van der Waals surface area contributed by atoms with E-state index in [2.05, 4.69) is 10.6 Å². The molecular formula is C13H15N3O2. The maximum Gasteiger partial charge on any atom is 0.318 e. The summed E-state index contributed by atoms with van der Waals surface area (Å²) in [6.45, 7) is 0.343. The third kappa shape index (κ3) is 5.03. The molecule has 0 bridgehead atoms. The van der Waals surface area contributed by atoms with Crippen molar-refractivity contribution in [2.75, 3.05) is 13.7 Å². The van der Waals surface area contributed by atoms with Gasteiger partial charge in [0.2, 0.25) is 0 Å². The van der Waals surface area contributed by atoms with Crippen LogP contribution in [0.1, 0.15) is 12.0 Å². The van der Waals surface area contributed by atoms with E-state index < -0.39 is 0 Å². The monoisotopic (exact) mass is 245 g/mol. The summed E-state index contributed by atoms with van der Waals surface area (Å²) < 4.78 is 5.08. The SMILES string of the molecule is COc1cccc(/C=C/NC(=O)NCCC#N)c1. The van der Waals surface area contributed by atoms with E-state index in [-0.39, 0.29) is 6.03 Å². The van der Waals surface area contributed by atoms with Crippen molar-refractivity contribution in [1.82, 2.24) is 10.6 Å². The largest absolute Gasteiger partial charge is 0.497 e. The van der Waals surface area contributed by atoms with Crippen LogP contribution >= 0.6 is 0 Å². The molecule has 0 radical (unpaired) electrons. The van der Waals surface area contributed by atoms with Gasteiger partial charge < -0.3 is 15.4 Å². The molecule has 0 unspecified atom stereocenters. The van der Waals surface area contributed by atoms with Crippen LogP contribution in [0, 0.1) is 11.3 Å². The number of methoxy groups -OCH3 is 1. The lowest BCUT2D eigenvalue weighted by Crippen LogP contribution is -2.32. The lowest BCUT2D eigenvalue weighted by molar-refractivity contribution is 0.244. The highest BCUT2D eigenvalue weighted by Gasteiger charge is 1.95. The van der Waals surface area contributed by atoms with Crippen molar-refractivity contribution < 1.29 is 9.53 Å². The summed E-state index contributed by atoms with van der Waals surface area (Å²) in [5, 5.41) is 13.4. The predicted octanol–water partition coefficient (Wildman–Crippen LogP) is 1.88. The van der Waals surface area contributed by atoms with Gasteiger partial charge in [-0.25, -0.2) is 4.79 Å². The number of rotatable bonds is 5. The number of nitrogens with one attached hydrogen (secondary N) is 2. The topological polar surface area (TPSA) is 74.2 Å². The van der Waals surface area contributed by atoms with Gasteiger partial charge in [0, 0.05) is 12.7 Å². The lowest BCUT2D eigenvalue weighted by Gasteiger charge is -2.02. The Bertz CT molecular complexity index is 464. The molecular weight excluding hydrogens is 230 g/mol. The van der Waals surface area contributed by atoms with E-state index >= 15 is 0 Å². The molecule has 2 N–H and O–H groups in total. The fourth-order valence-electron chi connectivity index (χ4n) is 1.24. The molecule has 18 heavy (non-hydrogen) atoms. The molecule has 0 aliphatic carbocycles. The van der Waals surface area contributed by atoms with E-state index in [1.807, 2.05) is 30.3 Å². The Hall–Kier alpha value is -2.48. The standard InChI is InChI=1S/C13H15N3O2/c1-18-12-5-2-4-11(10-12)6-9-16-13(17)15-8-3-7-14/h2,4-6,9-10H,3,8H2,1H3,(H2,15,16,17)/b9-6+. The first-order chi connectivity index (χ1) is 8.76. The molecule has 0 saturated carbocycles. The fourth-order valence-corrected chi connectivity index (χ4v) is 1.24. The molecule has 0 aliphatic heterocycles. The summed E-state index contributed by atoms with van der Waals surface area (Å²) in [4.78, 5) is 11.2. The lowest BCUT2D eigenvalue weighted by atomic mass is 10.2. The van der Waals surface area contributed by atoms with E-state index in [1.54, 1.807) is 13.2 Å². The molecule has 0 fully saturated rings. The number of ether oxygens (including phenoxy) is 1. The van der Waals surface area contributed by atoms with Gasteiger partial charge in [0.1, 0.15) is 5.75 Å². The Labute approximate surface area is 106 Å². The van der Waals surface area contributed by atoms with Gasteiger partial charge in [-0.15, -0.1) is 0 Å². The van der Waals surface area contributed by atoms with E-state index in [0.29, 0.717) is 13.0 Å². The maximum atomic E-state index is 11.2. The average molecular weight is 245 g/mol. The van der Waals surface area contributed by atoms with Gasteiger partial charge in [0.05, 0.1) is 19.6 Å². The number of nitriles is 1. The Morgan fingerprint density at radius 1 is 1.56 bits per heavy atom. The third-order valence-corrected chi connectivity index (χ3v) is 2.11. The van der Waals surface area contributed by atoms with E-state index in [0.717, 1.165) is 11.3 Å². The molecule has 0 spiro atoms. The van der Waals surface area contributed by atoms with Crippen LogP contribution in [0.25, 0.3) is 6.08 Å². The summed E-state index contributed by atoms with van der Waals surface area (Å²) in [5.74, 6) is 0.760. The smallest absolute Gasteiger partial charge is 0.318 e. The zero-order valence-electron chi connectivity index (χ0n) is 10.1. The number of hydrogen-bond acceptors (Lipinski definition) is 3. The normalized spacial score (nSPS) is 9.78. The van der Waals surface area contributed by atoms with Gasteiger partial charge in [-0.1, -0.05) is 12.1 Å². The van der Waals surface area contributed by atoms with Crippen molar-refractivity contribution in [2.45, 2.75) is 6.42 Å². The zero-order chi connectivity index (χ0) is 13.2. The fraction of sp³-hybridized carbons (Fsp3) is 0.231. The molecule has 1 rings (SSSR count). The minimum absolute atomic E-state index is 0.299. The molecule has 0 heterocycles. The highest BCUT2D eigenvalue weighted by molar-refractivity contribution is 5.75. The predicted molar refractivity (Wildman–Crippen MR) is 68.8 cm³/mol. The van der Waals surface area contributed by atoms with Gasteiger partial charge in [0.15, 0.2) is 0 Å². The molecule has 0 saturated heterocycles. The second-order valence-electron chi connectivity index (χ2n) is 3.42. The van der Waals surface area contributed by atoms with Crippen molar-refractivity contribution in [3.05, 3.63) is 36.0 Å². The first kappa shape index (κ1) is 13.6. The molecule has 2 amide bonds. The maximum absolute atomic E-state index is 11.2. The molecule has 1 aromatic carbocycles. The first-order valence-corrected chi connectivity index (χ1v) is 5.48. The number of nitrogens with zero attached hydrogens (tertiary/aromatic N) is 1. The van der Waals surface area contributed by atoms with Crippen molar-refractivity contribution >= 4 is 12.1 Å². The molecule has 0 aliphatic rings. The van der Waals surface area contributed by atoms with Crippen LogP contribution in [0.2, 0.25) is 0 Å². The van der Waals surface area contributed by atoms with E-state index in [9.17, 15) is 4.79 Å². The number of carbonyl (C=O) groups is 1. The Morgan fingerprint density at radius 3 is 3.11 bits per heavy atom. The van der Waals surface area contributed by atoms with Crippen LogP contribution in [0.3, 0.4) is 0 Å². The number of urea groups is 1. The quantitative estimate of drug-likeness (QED) is 0.778. The van der Waals surface area contributed by atoms with Crippen LogP contribution in [0.5, 0.6) is 5.75 Å². The highest BCUT2D eigenvalue weighted by Crippen LogP contribution is 2.13. The summed E-state index contributed by atoms with van der Waals surface area (Å²) >= 11 is 0. The number of benzene rings is 1. The van der Waals surface area contributed by atoms with Crippen molar-refractivity contribution in [3.8, 4) is 11.8 Å². The number of amides is 2. The highest BCUT2D eigenvalue weighted by atomic mass is 16.5. The molecule has 0 atom stereocenters. The van der Waals surface area contributed by atoms with Gasteiger partial charge in [-0.05, 0) is 23.8 Å². The van der Waals surface area contributed by atoms with Crippen LogP contribution in [0.4, 0.5) is 4.79 Å². The van der Waals surface area contributed by atoms with Gasteiger partial charge in [-0.3, -0.25) is 0 Å². The first-order valence-electron chi connectivity index (χ1n) is 5.48. The number of hydrogen-bond donors (Lipinski definition) is 2. The van der Waals surface area contributed by atoms with Crippen LogP contribution in [0.15, 0.2) is 30.5 Å². The summed E-state index contributed by atoms with van der Waals surface area (Å²) in [6.07, 6.45) is 3.59. The third-order valence-electron chi connectivity index (χ3n) is 2.11. The molecule has 94 valence electrons.